The van der Waals surface area contributed by atoms with Crippen molar-refractivity contribution < 1.29 is 14.3 Å². The molecule has 0 saturated carbocycles. The highest BCUT2D eigenvalue weighted by molar-refractivity contribution is 5.94. The molecule has 3 nitrogen and oxygen atoms in total. The van der Waals surface area contributed by atoms with E-state index in [2.05, 4.69) is 0 Å². The lowest BCUT2D eigenvalue weighted by molar-refractivity contribution is 0.101. The van der Waals surface area contributed by atoms with Crippen LogP contribution < -0.4 is 9.47 Å². The summed E-state index contributed by atoms with van der Waals surface area (Å²) in [6.45, 7) is 3.50. The summed E-state index contributed by atoms with van der Waals surface area (Å²) in [4.78, 5) is 11.3. The van der Waals surface area contributed by atoms with Gasteiger partial charge in [0.1, 0.15) is 5.75 Å². The van der Waals surface area contributed by atoms with Gasteiger partial charge in [-0.1, -0.05) is 18.2 Å². The van der Waals surface area contributed by atoms with E-state index in [1.807, 2.05) is 31.2 Å². The van der Waals surface area contributed by atoms with Crippen LogP contribution in [0.25, 0.3) is 0 Å². The van der Waals surface area contributed by atoms with E-state index in [0.29, 0.717) is 17.1 Å². The van der Waals surface area contributed by atoms with Crippen molar-refractivity contribution in [3.8, 4) is 17.2 Å². The van der Waals surface area contributed by atoms with Crippen LogP contribution in [0.1, 0.15) is 22.8 Å². The van der Waals surface area contributed by atoms with E-state index in [0.717, 1.165) is 11.3 Å². The molecule has 98 valence electrons. The maximum absolute atomic E-state index is 11.3. The fourth-order valence-corrected chi connectivity index (χ4v) is 1.76. The number of aryl methyl sites for hydroxylation is 1. The zero-order valence-corrected chi connectivity index (χ0v) is 11.3. The van der Waals surface area contributed by atoms with Gasteiger partial charge in [0, 0.05) is 5.56 Å². The number of benzene rings is 2. The summed E-state index contributed by atoms with van der Waals surface area (Å²) in [7, 11) is 1.56. The van der Waals surface area contributed by atoms with Gasteiger partial charge in [0.2, 0.25) is 0 Å². The van der Waals surface area contributed by atoms with Crippen molar-refractivity contribution in [2.45, 2.75) is 13.8 Å². The zero-order chi connectivity index (χ0) is 13.8. The number of ketones is 1. The van der Waals surface area contributed by atoms with Crippen molar-refractivity contribution in [2.24, 2.45) is 0 Å². The third kappa shape index (κ3) is 2.94. The van der Waals surface area contributed by atoms with Gasteiger partial charge in [-0.05, 0) is 43.7 Å². The fourth-order valence-electron chi connectivity index (χ4n) is 1.76. The average Bonchev–Trinajstić information content (AvgIpc) is 2.41. The lowest BCUT2D eigenvalue weighted by Crippen LogP contribution is -1.96. The maximum atomic E-state index is 11.3. The third-order valence-corrected chi connectivity index (χ3v) is 2.88. The van der Waals surface area contributed by atoms with Gasteiger partial charge in [-0.2, -0.15) is 0 Å². The average molecular weight is 256 g/mol. The number of carbonyl (C=O) groups is 1. The summed E-state index contributed by atoms with van der Waals surface area (Å²) in [6.07, 6.45) is 0. The molecule has 2 aromatic carbocycles. The van der Waals surface area contributed by atoms with Gasteiger partial charge in [-0.3, -0.25) is 4.79 Å². The summed E-state index contributed by atoms with van der Waals surface area (Å²) < 4.78 is 11.1. The largest absolute Gasteiger partial charge is 0.493 e. The molecule has 0 unspecified atom stereocenters. The van der Waals surface area contributed by atoms with Crippen LogP contribution in [0.5, 0.6) is 17.2 Å². The van der Waals surface area contributed by atoms with Crippen molar-refractivity contribution in [1.29, 1.82) is 0 Å². The maximum Gasteiger partial charge on any atom is 0.169 e. The summed E-state index contributed by atoms with van der Waals surface area (Å²) in [5, 5.41) is 0. The third-order valence-electron chi connectivity index (χ3n) is 2.88. The quantitative estimate of drug-likeness (QED) is 0.776. The van der Waals surface area contributed by atoms with Crippen molar-refractivity contribution in [3.63, 3.8) is 0 Å². The van der Waals surface area contributed by atoms with E-state index in [-0.39, 0.29) is 5.78 Å². The van der Waals surface area contributed by atoms with Crippen LogP contribution in [0, 0.1) is 6.92 Å². The van der Waals surface area contributed by atoms with E-state index < -0.39 is 0 Å². The van der Waals surface area contributed by atoms with Crippen LogP contribution in [0.3, 0.4) is 0 Å². The molecule has 0 radical (unpaired) electrons. The highest BCUT2D eigenvalue weighted by Gasteiger charge is 2.10. The second kappa shape index (κ2) is 5.57. The minimum absolute atomic E-state index is 0.000687. The van der Waals surface area contributed by atoms with Gasteiger partial charge in [-0.25, -0.2) is 0 Å². The first-order valence-electron chi connectivity index (χ1n) is 6.04. The highest BCUT2D eigenvalue weighted by atomic mass is 16.5. The van der Waals surface area contributed by atoms with Crippen molar-refractivity contribution in [3.05, 3.63) is 53.6 Å². The van der Waals surface area contributed by atoms with Crippen LogP contribution in [0.2, 0.25) is 0 Å². The molecule has 0 aliphatic rings. The topological polar surface area (TPSA) is 35.5 Å². The molecule has 3 heteroatoms. The molecule has 0 saturated heterocycles. The lowest BCUT2D eigenvalue weighted by atomic mass is 10.1. The summed E-state index contributed by atoms with van der Waals surface area (Å²) in [5.41, 5.74) is 1.65. The lowest BCUT2D eigenvalue weighted by Gasteiger charge is -2.12. The molecular weight excluding hydrogens is 240 g/mol. The number of Topliss-reactive ketones (excluding diaryl/α,β-unsaturated/α-hetero) is 1. The first-order chi connectivity index (χ1) is 9.11. The van der Waals surface area contributed by atoms with Crippen molar-refractivity contribution >= 4 is 5.78 Å². The molecular formula is C16H16O3. The minimum atomic E-state index is 0.000687. The van der Waals surface area contributed by atoms with Crippen molar-refractivity contribution in [1.82, 2.24) is 0 Å². The predicted octanol–water partition coefficient (Wildman–Crippen LogP) is 4.00. The van der Waals surface area contributed by atoms with E-state index in [1.165, 1.54) is 6.92 Å². The van der Waals surface area contributed by atoms with Gasteiger partial charge in [0.15, 0.2) is 17.3 Å². The molecule has 0 N–H and O–H groups in total. The Morgan fingerprint density at radius 1 is 1.00 bits per heavy atom. The predicted molar refractivity (Wildman–Crippen MR) is 74.3 cm³/mol. The van der Waals surface area contributed by atoms with E-state index in [1.54, 1.807) is 25.3 Å². The SMILES string of the molecule is COc1cc(C(C)=O)ccc1Oc1ccccc1C. The molecule has 0 fully saturated rings. The van der Waals surface area contributed by atoms with Crippen LogP contribution in [-0.2, 0) is 0 Å². The Morgan fingerprint density at radius 3 is 2.37 bits per heavy atom. The molecule has 0 aromatic heterocycles. The molecule has 19 heavy (non-hydrogen) atoms. The normalized spacial score (nSPS) is 10.1. The molecule has 0 heterocycles. The Bertz CT molecular complexity index is 603. The first kappa shape index (κ1) is 13.1. The molecule has 0 spiro atoms. The van der Waals surface area contributed by atoms with Gasteiger partial charge in [-0.15, -0.1) is 0 Å². The molecule has 2 rings (SSSR count). The zero-order valence-electron chi connectivity index (χ0n) is 11.3. The van der Waals surface area contributed by atoms with Gasteiger partial charge >= 0.3 is 0 Å². The Labute approximate surface area is 112 Å². The highest BCUT2D eigenvalue weighted by Crippen LogP contribution is 2.33. The summed E-state index contributed by atoms with van der Waals surface area (Å²) >= 11 is 0. The van der Waals surface area contributed by atoms with Crippen molar-refractivity contribution in [2.75, 3.05) is 7.11 Å². The number of para-hydroxylation sites is 1. The van der Waals surface area contributed by atoms with Gasteiger partial charge in [0.25, 0.3) is 0 Å². The Kier molecular flexibility index (Phi) is 3.85. The molecule has 0 aliphatic heterocycles. The Hall–Kier alpha value is -2.29. The second-order valence-corrected chi connectivity index (χ2v) is 4.29. The van der Waals surface area contributed by atoms with Crippen LogP contribution in [-0.4, -0.2) is 12.9 Å². The molecule has 0 atom stereocenters. The smallest absolute Gasteiger partial charge is 0.169 e. The minimum Gasteiger partial charge on any atom is -0.493 e. The fraction of sp³-hybridized carbons (Fsp3) is 0.188. The number of ether oxygens (including phenoxy) is 2. The number of methoxy groups -OCH3 is 1. The number of rotatable bonds is 4. The Morgan fingerprint density at radius 2 is 1.74 bits per heavy atom. The Balaban J connectivity index is 2.35. The van der Waals surface area contributed by atoms with Crippen LogP contribution in [0.15, 0.2) is 42.5 Å². The van der Waals surface area contributed by atoms with E-state index in [4.69, 9.17) is 9.47 Å². The van der Waals surface area contributed by atoms with Crippen LogP contribution in [0.4, 0.5) is 0 Å². The summed E-state index contributed by atoms with van der Waals surface area (Å²) in [6, 6.07) is 12.9. The number of hydrogen-bond acceptors (Lipinski definition) is 3. The van der Waals surface area contributed by atoms with Gasteiger partial charge in [0.05, 0.1) is 7.11 Å². The molecule has 0 amide bonds. The van der Waals surface area contributed by atoms with E-state index in [9.17, 15) is 4.79 Å². The van der Waals surface area contributed by atoms with E-state index >= 15 is 0 Å². The molecule has 0 bridgehead atoms. The van der Waals surface area contributed by atoms with Crippen LogP contribution >= 0.6 is 0 Å². The number of hydrogen-bond donors (Lipinski definition) is 0. The number of carbonyl (C=O) groups excluding carboxylic acids is 1. The molecule has 0 aliphatic carbocycles. The van der Waals surface area contributed by atoms with Gasteiger partial charge < -0.3 is 9.47 Å². The second-order valence-electron chi connectivity index (χ2n) is 4.29. The monoisotopic (exact) mass is 256 g/mol. The summed E-state index contributed by atoms with van der Waals surface area (Å²) in [5.74, 6) is 1.93. The first-order valence-corrected chi connectivity index (χ1v) is 6.04. The standard InChI is InChI=1S/C16H16O3/c1-11-6-4-5-7-14(11)19-15-9-8-13(12(2)17)10-16(15)18-3/h4-10H,1-3H3. The molecule has 2 aromatic rings.